The predicted octanol–water partition coefficient (Wildman–Crippen LogP) is 6.85. The highest BCUT2D eigenvalue weighted by Crippen LogP contribution is 2.38. The molecule has 1 aromatic carbocycles. The fraction of sp³-hybridized carbons (Fsp3) is 0.556. The molecular formula is C27H37N3O. The van der Waals surface area contributed by atoms with E-state index in [2.05, 4.69) is 37.0 Å². The fourth-order valence-corrected chi connectivity index (χ4v) is 4.73. The van der Waals surface area contributed by atoms with E-state index in [1.54, 1.807) is 0 Å². The summed E-state index contributed by atoms with van der Waals surface area (Å²) in [5, 5.41) is 9.81. The summed E-state index contributed by atoms with van der Waals surface area (Å²) in [4.78, 5) is 4.59. The zero-order valence-electron chi connectivity index (χ0n) is 19.3. The molecule has 0 bridgehead atoms. The van der Waals surface area contributed by atoms with Gasteiger partial charge in [0.05, 0.1) is 6.61 Å². The number of pyridine rings is 1. The van der Waals surface area contributed by atoms with Crippen molar-refractivity contribution in [1.82, 2.24) is 4.98 Å². The molecule has 0 amide bonds. The average Bonchev–Trinajstić information content (AvgIpc) is 2.78. The van der Waals surface area contributed by atoms with Gasteiger partial charge in [-0.05, 0) is 54.9 Å². The van der Waals surface area contributed by atoms with Gasteiger partial charge in [0.15, 0.2) is 0 Å². The van der Waals surface area contributed by atoms with Gasteiger partial charge in [0.2, 0.25) is 0 Å². The number of anilines is 1. The number of nitrogen functional groups attached to an aromatic ring is 1. The largest absolute Gasteiger partial charge is 0.494 e. The number of rotatable bonds is 11. The topological polar surface area (TPSA) is 71.9 Å². The second kappa shape index (κ2) is 11.7. The number of nitriles is 1. The molecule has 1 unspecified atom stereocenters. The van der Waals surface area contributed by atoms with Crippen LogP contribution in [-0.2, 0) is 12.8 Å². The van der Waals surface area contributed by atoms with Crippen LogP contribution >= 0.6 is 0 Å². The van der Waals surface area contributed by atoms with Gasteiger partial charge in [0.1, 0.15) is 23.2 Å². The van der Waals surface area contributed by atoms with Gasteiger partial charge in [-0.1, -0.05) is 70.9 Å². The number of benzene rings is 1. The van der Waals surface area contributed by atoms with Crippen LogP contribution in [0.2, 0.25) is 0 Å². The number of aromatic nitrogens is 1. The Hall–Kier alpha value is -2.54. The van der Waals surface area contributed by atoms with Gasteiger partial charge in [0, 0.05) is 11.3 Å². The van der Waals surface area contributed by atoms with Crippen LogP contribution in [0.5, 0.6) is 5.75 Å². The van der Waals surface area contributed by atoms with E-state index in [-0.39, 0.29) is 0 Å². The Morgan fingerprint density at radius 2 is 1.81 bits per heavy atom. The Balaban J connectivity index is 1.73. The predicted molar refractivity (Wildman–Crippen MR) is 128 cm³/mol. The molecule has 0 aliphatic heterocycles. The third kappa shape index (κ3) is 6.00. The SMILES string of the molecule is CCCCCCCCOc1ccc(-c2c(C#N)c(N)nc3c2CC(CCC)CC3)cc1. The lowest BCUT2D eigenvalue weighted by Crippen LogP contribution is -2.18. The highest BCUT2D eigenvalue weighted by atomic mass is 16.5. The second-order valence-electron chi connectivity index (χ2n) is 8.82. The summed E-state index contributed by atoms with van der Waals surface area (Å²) in [5.74, 6) is 1.90. The normalized spacial score (nSPS) is 15.3. The van der Waals surface area contributed by atoms with Crippen molar-refractivity contribution in [1.29, 1.82) is 5.26 Å². The van der Waals surface area contributed by atoms with Crippen LogP contribution in [0.4, 0.5) is 5.82 Å². The van der Waals surface area contributed by atoms with E-state index in [1.807, 2.05) is 12.1 Å². The van der Waals surface area contributed by atoms with Crippen molar-refractivity contribution in [3.63, 3.8) is 0 Å². The molecule has 0 radical (unpaired) electrons. The molecule has 1 heterocycles. The Morgan fingerprint density at radius 3 is 2.52 bits per heavy atom. The van der Waals surface area contributed by atoms with Gasteiger partial charge in [-0.2, -0.15) is 5.26 Å². The molecule has 3 rings (SSSR count). The standard InChI is InChI=1S/C27H37N3O/c1-3-5-6-7-8-9-17-31-22-14-12-21(13-15-22)26-23-18-20(10-4-2)11-16-25(23)30-27(29)24(26)19-28/h12-15,20H,3-11,16-18H2,1-2H3,(H2,29,30). The van der Waals surface area contributed by atoms with Gasteiger partial charge in [0.25, 0.3) is 0 Å². The Morgan fingerprint density at radius 1 is 1.06 bits per heavy atom. The number of hydrogen-bond acceptors (Lipinski definition) is 4. The number of hydrogen-bond donors (Lipinski definition) is 1. The number of unbranched alkanes of at least 4 members (excludes halogenated alkanes) is 5. The lowest BCUT2D eigenvalue weighted by molar-refractivity contribution is 0.304. The maximum atomic E-state index is 9.81. The molecule has 4 nitrogen and oxygen atoms in total. The van der Waals surface area contributed by atoms with Crippen LogP contribution in [0.3, 0.4) is 0 Å². The molecule has 0 spiro atoms. The van der Waals surface area contributed by atoms with Crippen molar-refractivity contribution in [2.75, 3.05) is 12.3 Å². The minimum atomic E-state index is 0.355. The van der Waals surface area contributed by atoms with Gasteiger partial charge >= 0.3 is 0 Å². The first kappa shape index (κ1) is 23.1. The quantitative estimate of drug-likeness (QED) is 0.404. The highest BCUT2D eigenvalue weighted by molar-refractivity contribution is 5.79. The molecule has 4 heteroatoms. The molecule has 31 heavy (non-hydrogen) atoms. The first-order valence-electron chi connectivity index (χ1n) is 12.1. The van der Waals surface area contributed by atoms with E-state index in [0.717, 1.165) is 54.9 Å². The van der Waals surface area contributed by atoms with Crippen molar-refractivity contribution in [2.24, 2.45) is 5.92 Å². The molecule has 1 aliphatic carbocycles. The maximum Gasteiger partial charge on any atom is 0.142 e. The summed E-state index contributed by atoms with van der Waals surface area (Å²) in [6, 6.07) is 10.5. The van der Waals surface area contributed by atoms with Gasteiger partial charge in [-0.25, -0.2) is 4.98 Å². The summed E-state index contributed by atoms with van der Waals surface area (Å²) in [6.45, 7) is 5.24. The molecule has 0 fully saturated rings. The minimum Gasteiger partial charge on any atom is -0.494 e. The third-order valence-corrected chi connectivity index (χ3v) is 6.41. The second-order valence-corrected chi connectivity index (χ2v) is 8.82. The Bertz CT molecular complexity index is 883. The zero-order chi connectivity index (χ0) is 22.1. The third-order valence-electron chi connectivity index (χ3n) is 6.41. The van der Waals surface area contributed by atoms with Crippen LogP contribution in [0, 0.1) is 17.2 Å². The van der Waals surface area contributed by atoms with E-state index < -0.39 is 0 Å². The first-order chi connectivity index (χ1) is 15.2. The van der Waals surface area contributed by atoms with Crippen molar-refractivity contribution < 1.29 is 4.74 Å². The smallest absolute Gasteiger partial charge is 0.142 e. The van der Waals surface area contributed by atoms with E-state index in [1.165, 1.54) is 50.5 Å². The van der Waals surface area contributed by atoms with E-state index >= 15 is 0 Å². The van der Waals surface area contributed by atoms with Crippen molar-refractivity contribution in [3.05, 3.63) is 41.1 Å². The lowest BCUT2D eigenvalue weighted by Gasteiger charge is -2.27. The van der Waals surface area contributed by atoms with Crippen LogP contribution in [0.15, 0.2) is 24.3 Å². The average molecular weight is 420 g/mol. The van der Waals surface area contributed by atoms with E-state index in [4.69, 9.17) is 10.5 Å². The zero-order valence-corrected chi connectivity index (χ0v) is 19.3. The molecular weight excluding hydrogens is 382 g/mol. The van der Waals surface area contributed by atoms with Gasteiger partial charge < -0.3 is 10.5 Å². The van der Waals surface area contributed by atoms with Crippen LogP contribution < -0.4 is 10.5 Å². The number of nitrogens with two attached hydrogens (primary N) is 1. The summed E-state index contributed by atoms with van der Waals surface area (Å²) >= 11 is 0. The number of aryl methyl sites for hydroxylation is 1. The molecule has 0 saturated carbocycles. The van der Waals surface area contributed by atoms with Crippen molar-refractivity contribution in [2.45, 2.75) is 84.5 Å². The van der Waals surface area contributed by atoms with Crippen LogP contribution in [0.1, 0.15) is 88.5 Å². The van der Waals surface area contributed by atoms with Crippen molar-refractivity contribution in [3.8, 4) is 22.9 Å². The molecule has 2 aromatic rings. The maximum absolute atomic E-state index is 9.81. The minimum absolute atomic E-state index is 0.355. The Kier molecular flexibility index (Phi) is 8.76. The molecule has 2 N–H and O–H groups in total. The molecule has 0 saturated heterocycles. The summed E-state index contributed by atoms with van der Waals surface area (Å²) in [7, 11) is 0. The molecule has 1 atom stereocenters. The highest BCUT2D eigenvalue weighted by Gasteiger charge is 2.26. The monoisotopic (exact) mass is 419 g/mol. The molecule has 166 valence electrons. The van der Waals surface area contributed by atoms with Gasteiger partial charge in [-0.3, -0.25) is 0 Å². The summed E-state index contributed by atoms with van der Waals surface area (Å²) < 4.78 is 5.94. The number of nitrogens with zero attached hydrogens (tertiary/aromatic N) is 2. The molecule has 1 aromatic heterocycles. The van der Waals surface area contributed by atoms with E-state index in [9.17, 15) is 5.26 Å². The van der Waals surface area contributed by atoms with Crippen molar-refractivity contribution >= 4 is 5.82 Å². The lowest BCUT2D eigenvalue weighted by atomic mass is 9.79. The summed E-state index contributed by atoms with van der Waals surface area (Å²) in [6.07, 6.45) is 13.0. The van der Waals surface area contributed by atoms with Crippen LogP contribution in [0.25, 0.3) is 11.1 Å². The molecule has 1 aliphatic rings. The van der Waals surface area contributed by atoms with E-state index in [0.29, 0.717) is 17.3 Å². The first-order valence-corrected chi connectivity index (χ1v) is 12.1. The number of fused-ring (bicyclic) bond motifs is 1. The Labute approximate surface area is 187 Å². The van der Waals surface area contributed by atoms with Gasteiger partial charge in [-0.15, -0.1) is 0 Å². The van der Waals surface area contributed by atoms with Crippen LogP contribution in [-0.4, -0.2) is 11.6 Å². The fourth-order valence-electron chi connectivity index (χ4n) is 4.73. The number of ether oxygens (including phenoxy) is 1. The summed E-state index contributed by atoms with van der Waals surface area (Å²) in [5.41, 5.74) is 11.0.